The van der Waals surface area contributed by atoms with E-state index in [0.29, 0.717) is 15.9 Å². The Morgan fingerprint density at radius 2 is 2.26 bits per heavy atom. The number of hydrogen-bond donors (Lipinski definition) is 2. The molecule has 0 radical (unpaired) electrons. The average Bonchev–Trinajstić information content (AvgIpc) is 2.99. The van der Waals surface area contributed by atoms with E-state index < -0.39 is 5.97 Å². The first-order chi connectivity index (χ1) is 9.15. The Balaban J connectivity index is 2.12. The van der Waals surface area contributed by atoms with Crippen molar-refractivity contribution in [3.8, 4) is 11.4 Å². The van der Waals surface area contributed by atoms with Gasteiger partial charge < -0.3 is 10.1 Å². The standard InChI is InChI=1S/C12H9BrN4O2/c13-12-9(6-11(18)19)15-10-4-3-8(16-17(10)12)7-2-1-5-14-7/h1-5,14H,6H2,(H,18,19). The van der Waals surface area contributed by atoms with Gasteiger partial charge in [0.25, 0.3) is 0 Å². The van der Waals surface area contributed by atoms with Crippen LogP contribution < -0.4 is 0 Å². The van der Waals surface area contributed by atoms with Crippen LogP contribution in [0.2, 0.25) is 0 Å². The molecule has 3 rings (SSSR count). The fourth-order valence-electron chi connectivity index (χ4n) is 1.84. The van der Waals surface area contributed by atoms with E-state index in [1.165, 1.54) is 0 Å². The van der Waals surface area contributed by atoms with E-state index >= 15 is 0 Å². The number of rotatable bonds is 3. The van der Waals surface area contributed by atoms with Gasteiger partial charge in [-0.15, -0.1) is 0 Å². The smallest absolute Gasteiger partial charge is 0.309 e. The second-order valence-corrected chi connectivity index (χ2v) is 4.74. The average molecular weight is 321 g/mol. The van der Waals surface area contributed by atoms with Gasteiger partial charge in [-0.2, -0.15) is 5.10 Å². The summed E-state index contributed by atoms with van der Waals surface area (Å²) in [5, 5.41) is 13.3. The molecule has 0 saturated carbocycles. The summed E-state index contributed by atoms with van der Waals surface area (Å²) in [6.07, 6.45) is 1.68. The lowest BCUT2D eigenvalue weighted by atomic mass is 10.3. The zero-order chi connectivity index (χ0) is 13.4. The summed E-state index contributed by atoms with van der Waals surface area (Å²) in [7, 11) is 0. The van der Waals surface area contributed by atoms with Crippen molar-refractivity contribution >= 4 is 27.5 Å². The highest BCUT2D eigenvalue weighted by Gasteiger charge is 2.14. The molecule has 0 spiro atoms. The molecule has 0 amide bonds. The van der Waals surface area contributed by atoms with E-state index in [4.69, 9.17) is 5.11 Å². The summed E-state index contributed by atoms with van der Waals surface area (Å²) in [5.74, 6) is -0.923. The lowest BCUT2D eigenvalue weighted by molar-refractivity contribution is -0.136. The van der Waals surface area contributed by atoms with Crippen molar-refractivity contribution in [3.63, 3.8) is 0 Å². The number of carboxylic acids is 1. The maximum atomic E-state index is 10.8. The number of carbonyl (C=O) groups is 1. The zero-order valence-corrected chi connectivity index (χ0v) is 11.3. The summed E-state index contributed by atoms with van der Waals surface area (Å²) in [5.41, 5.74) is 2.72. The fraction of sp³-hybridized carbons (Fsp3) is 0.0833. The van der Waals surface area contributed by atoms with Gasteiger partial charge in [0.1, 0.15) is 10.3 Å². The third kappa shape index (κ3) is 2.12. The van der Waals surface area contributed by atoms with Gasteiger partial charge in [0.15, 0.2) is 5.65 Å². The fourth-order valence-corrected chi connectivity index (χ4v) is 2.33. The molecule has 3 aromatic heterocycles. The minimum absolute atomic E-state index is 0.137. The maximum Gasteiger partial charge on any atom is 0.309 e. The van der Waals surface area contributed by atoms with E-state index in [0.717, 1.165) is 11.4 Å². The van der Waals surface area contributed by atoms with Crippen molar-refractivity contribution in [2.75, 3.05) is 0 Å². The molecular weight excluding hydrogens is 312 g/mol. The predicted molar refractivity (Wildman–Crippen MR) is 71.8 cm³/mol. The number of hydrogen-bond acceptors (Lipinski definition) is 3. The Kier molecular flexibility index (Phi) is 2.83. The molecule has 0 aliphatic rings. The van der Waals surface area contributed by atoms with Crippen LogP contribution in [0.15, 0.2) is 35.1 Å². The molecule has 96 valence electrons. The largest absolute Gasteiger partial charge is 0.481 e. The van der Waals surface area contributed by atoms with Crippen molar-refractivity contribution in [2.24, 2.45) is 0 Å². The summed E-state index contributed by atoms with van der Waals surface area (Å²) < 4.78 is 2.16. The van der Waals surface area contributed by atoms with Crippen molar-refractivity contribution in [1.82, 2.24) is 19.6 Å². The maximum absolute atomic E-state index is 10.8. The molecule has 2 N–H and O–H groups in total. The Morgan fingerprint density at radius 3 is 2.95 bits per heavy atom. The van der Waals surface area contributed by atoms with Gasteiger partial charge in [0, 0.05) is 6.20 Å². The van der Waals surface area contributed by atoms with Gasteiger partial charge in [-0.3, -0.25) is 4.79 Å². The first-order valence-electron chi connectivity index (χ1n) is 5.55. The van der Waals surface area contributed by atoms with Crippen LogP contribution in [-0.4, -0.2) is 30.7 Å². The third-order valence-electron chi connectivity index (χ3n) is 2.68. The molecule has 7 heteroatoms. The third-order valence-corrected chi connectivity index (χ3v) is 3.47. The zero-order valence-electron chi connectivity index (χ0n) is 9.67. The lowest BCUT2D eigenvalue weighted by Gasteiger charge is -1.99. The van der Waals surface area contributed by atoms with Crippen LogP contribution in [-0.2, 0) is 11.2 Å². The van der Waals surface area contributed by atoms with Gasteiger partial charge in [0.05, 0.1) is 17.8 Å². The van der Waals surface area contributed by atoms with Gasteiger partial charge in [-0.1, -0.05) is 0 Å². The van der Waals surface area contributed by atoms with Crippen molar-refractivity contribution in [2.45, 2.75) is 6.42 Å². The summed E-state index contributed by atoms with van der Waals surface area (Å²) in [6.45, 7) is 0. The Morgan fingerprint density at radius 1 is 1.42 bits per heavy atom. The number of H-pyrrole nitrogens is 1. The summed E-state index contributed by atoms with van der Waals surface area (Å²) >= 11 is 3.34. The van der Waals surface area contributed by atoms with E-state index in [1.807, 2.05) is 24.4 Å². The second kappa shape index (κ2) is 4.51. The van der Waals surface area contributed by atoms with Gasteiger partial charge in [-0.25, -0.2) is 9.50 Å². The number of imidazole rings is 1. The van der Waals surface area contributed by atoms with Crippen molar-refractivity contribution < 1.29 is 9.90 Å². The topological polar surface area (TPSA) is 83.3 Å². The quantitative estimate of drug-likeness (QED) is 0.774. The molecule has 3 aromatic rings. The molecule has 0 aromatic carbocycles. The van der Waals surface area contributed by atoms with Gasteiger partial charge >= 0.3 is 5.97 Å². The predicted octanol–water partition coefficient (Wildman–Crippen LogP) is 2.11. The van der Waals surface area contributed by atoms with Crippen LogP contribution in [0, 0.1) is 0 Å². The first kappa shape index (κ1) is 11.9. The number of carboxylic acid groups (broad SMARTS) is 1. The van der Waals surface area contributed by atoms with Crippen LogP contribution in [0.3, 0.4) is 0 Å². The first-order valence-corrected chi connectivity index (χ1v) is 6.34. The highest BCUT2D eigenvalue weighted by molar-refractivity contribution is 9.10. The number of halogens is 1. The second-order valence-electron chi connectivity index (χ2n) is 3.99. The number of nitrogens with one attached hydrogen (secondary N) is 1. The summed E-state index contributed by atoms with van der Waals surface area (Å²) in [4.78, 5) is 18.1. The number of aromatic nitrogens is 4. The Labute approximate surface area is 116 Å². The van der Waals surface area contributed by atoms with Crippen LogP contribution in [0.5, 0.6) is 0 Å². The van der Waals surface area contributed by atoms with E-state index in [-0.39, 0.29) is 6.42 Å². The lowest BCUT2D eigenvalue weighted by Crippen LogP contribution is -2.01. The molecule has 0 bridgehead atoms. The Bertz CT molecular complexity index is 749. The van der Waals surface area contributed by atoms with Crippen LogP contribution in [0.25, 0.3) is 17.0 Å². The van der Waals surface area contributed by atoms with E-state index in [1.54, 1.807) is 10.6 Å². The molecule has 0 fully saturated rings. The molecular formula is C12H9BrN4O2. The van der Waals surface area contributed by atoms with Gasteiger partial charge in [0.2, 0.25) is 0 Å². The van der Waals surface area contributed by atoms with Crippen LogP contribution in [0.1, 0.15) is 5.69 Å². The highest BCUT2D eigenvalue weighted by Crippen LogP contribution is 2.21. The number of fused-ring (bicyclic) bond motifs is 1. The van der Waals surface area contributed by atoms with Crippen molar-refractivity contribution in [1.29, 1.82) is 0 Å². The summed E-state index contributed by atoms with van der Waals surface area (Å²) in [6, 6.07) is 7.45. The SMILES string of the molecule is O=C(O)Cc1nc2ccc(-c3ccc[nH]3)nn2c1Br. The highest BCUT2D eigenvalue weighted by atomic mass is 79.9. The molecule has 0 atom stereocenters. The number of aromatic amines is 1. The van der Waals surface area contributed by atoms with Gasteiger partial charge in [-0.05, 0) is 40.2 Å². The molecule has 0 aliphatic heterocycles. The normalized spacial score (nSPS) is 11.0. The van der Waals surface area contributed by atoms with Crippen molar-refractivity contribution in [3.05, 3.63) is 40.8 Å². The molecule has 6 nitrogen and oxygen atoms in total. The van der Waals surface area contributed by atoms with Crippen LogP contribution in [0.4, 0.5) is 0 Å². The Hall–Kier alpha value is -2.15. The minimum atomic E-state index is -0.923. The monoisotopic (exact) mass is 320 g/mol. The molecule has 3 heterocycles. The minimum Gasteiger partial charge on any atom is -0.481 e. The number of aliphatic carboxylic acids is 1. The molecule has 0 saturated heterocycles. The van der Waals surface area contributed by atoms with E-state index in [9.17, 15) is 4.79 Å². The molecule has 0 aliphatic carbocycles. The van der Waals surface area contributed by atoms with Crippen LogP contribution >= 0.6 is 15.9 Å². The molecule has 0 unspecified atom stereocenters. The molecule has 19 heavy (non-hydrogen) atoms. The number of nitrogens with zero attached hydrogens (tertiary/aromatic N) is 3. The van der Waals surface area contributed by atoms with E-state index in [2.05, 4.69) is 31.0 Å².